The van der Waals surface area contributed by atoms with Crippen molar-refractivity contribution in [3.05, 3.63) is 66.1 Å². The van der Waals surface area contributed by atoms with Crippen molar-refractivity contribution in [2.24, 2.45) is 0 Å². The van der Waals surface area contributed by atoms with E-state index < -0.39 is 16.1 Å². The van der Waals surface area contributed by atoms with Gasteiger partial charge in [0.25, 0.3) is 5.91 Å². The zero-order chi connectivity index (χ0) is 21.8. The Morgan fingerprint density at radius 1 is 1.03 bits per heavy atom. The Morgan fingerprint density at radius 3 is 2.39 bits per heavy atom. The van der Waals surface area contributed by atoms with Crippen LogP contribution in [-0.2, 0) is 10.0 Å². The van der Waals surface area contributed by atoms with Crippen LogP contribution in [0.1, 0.15) is 48.5 Å². The number of carbonyl (C=O) groups is 1. The number of nitrogens with zero attached hydrogens (tertiary/aromatic N) is 3. The molecule has 31 heavy (non-hydrogen) atoms. The molecule has 0 saturated carbocycles. The number of aromatic nitrogens is 2. The van der Waals surface area contributed by atoms with Gasteiger partial charge in [0, 0.05) is 24.2 Å². The molecule has 1 aliphatic rings. The van der Waals surface area contributed by atoms with Crippen LogP contribution in [0.15, 0.2) is 64.0 Å². The third kappa shape index (κ3) is 4.67. The number of carbonyl (C=O) groups excluding carboxylic acids is 1. The topological polar surface area (TPSA) is 105 Å². The van der Waals surface area contributed by atoms with Gasteiger partial charge in [-0.25, -0.2) is 8.42 Å². The first-order valence-corrected chi connectivity index (χ1v) is 11.7. The van der Waals surface area contributed by atoms with Gasteiger partial charge in [0.15, 0.2) is 0 Å². The van der Waals surface area contributed by atoms with Gasteiger partial charge in [-0.15, -0.1) is 0 Å². The van der Waals surface area contributed by atoms with Gasteiger partial charge in [-0.05, 0) is 56.2 Å². The molecule has 1 atom stereocenters. The average molecular weight is 441 g/mol. The summed E-state index contributed by atoms with van der Waals surface area (Å²) in [6, 6.07) is 14.9. The Morgan fingerprint density at radius 2 is 1.71 bits per heavy atom. The summed E-state index contributed by atoms with van der Waals surface area (Å²) >= 11 is 0. The van der Waals surface area contributed by atoms with E-state index in [0.29, 0.717) is 30.0 Å². The molecule has 0 unspecified atom stereocenters. The lowest BCUT2D eigenvalue weighted by Gasteiger charge is -2.25. The standard InChI is InChI=1S/C22H24N4O4S/c1-16(23-21(27)18-8-4-2-5-9-18)22-24-20(25-30-22)17-10-12-19(13-11-17)31(28,29)26-14-6-3-7-15-26/h2,4-5,8-13,16H,3,6-7,14-15H2,1H3,(H,23,27)/t16-/m0/s1. The fourth-order valence-electron chi connectivity index (χ4n) is 3.49. The van der Waals surface area contributed by atoms with Crippen molar-refractivity contribution in [1.82, 2.24) is 19.8 Å². The first-order chi connectivity index (χ1) is 14.9. The Labute approximate surface area is 181 Å². The van der Waals surface area contributed by atoms with Crippen LogP contribution in [0, 0.1) is 0 Å². The molecule has 1 N–H and O–H groups in total. The summed E-state index contributed by atoms with van der Waals surface area (Å²) in [7, 11) is -3.49. The molecule has 0 spiro atoms. The van der Waals surface area contributed by atoms with Crippen molar-refractivity contribution in [3.63, 3.8) is 0 Å². The fraction of sp³-hybridized carbons (Fsp3) is 0.318. The number of piperidine rings is 1. The molecule has 162 valence electrons. The number of benzene rings is 2. The van der Waals surface area contributed by atoms with Crippen LogP contribution >= 0.6 is 0 Å². The molecule has 1 aromatic heterocycles. The van der Waals surface area contributed by atoms with Gasteiger partial charge in [0.05, 0.1) is 4.90 Å². The number of hydrogen-bond acceptors (Lipinski definition) is 6. The second kappa shape index (κ2) is 8.99. The van der Waals surface area contributed by atoms with Crippen molar-refractivity contribution < 1.29 is 17.7 Å². The third-order valence-electron chi connectivity index (χ3n) is 5.26. The first kappa shape index (κ1) is 21.2. The van der Waals surface area contributed by atoms with Crippen LogP contribution in [0.2, 0.25) is 0 Å². The molecule has 4 rings (SSSR count). The molecule has 0 radical (unpaired) electrons. The van der Waals surface area contributed by atoms with Gasteiger partial charge in [-0.2, -0.15) is 9.29 Å². The molecule has 8 nitrogen and oxygen atoms in total. The minimum absolute atomic E-state index is 0.236. The smallest absolute Gasteiger partial charge is 0.251 e. The quantitative estimate of drug-likeness (QED) is 0.630. The van der Waals surface area contributed by atoms with Crippen molar-refractivity contribution >= 4 is 15.9 Å². The van der Waals surface area contributed by atoms with Crippen LogP contribution in [0.4, 0.5) is 0 Å². The molecule has 0 bridgehead atoms. The number of hydrogen-bond donors (Lipinski definition) is 1. The highest BCUT2D eigenvalue weighted by molar-refractivity contribution is 7.89. The molecule has 1 saturated heterocycles. The van der Waals surface area contributed by atoms with Crippen LogP contribution < -0.4 is 5.32 Å². The predicted octanol–water partition coefficient (Wildman–Crippen LogP) is 3.40. The summed E-state index contributed by atoms with van der Waals surface area (Å²) in [6.07, 6.45) is 2.85. The fourth-order valence-corrected chi connectivity index (χ4v) is 5.01. The summed E-state index contributed by atoms with van der Waals surface area (Å²) in [5.41, 5.74) is 1.17. The lowest BCUT2D eigenvalue weighted by molar-refractivity contribution is 0.0932. The van der Waals surface area contributed by atoms with Gasteiger partial charge >= 0.3 is 0 Å². The molecular formula is C22H24N4O4S. The highest BCUT2D eigenvalue weighted by Gasteiger charge is 2.26. The number of sulfonamides is 1. The normalized spacial score (nSPS) is 16.0. The van der Waals surface area contributed by atoms with Gasteiger partial charge in [0.2, 0.25) is 21.7 Å². The van der Waals surface area contributed by atoms with Crippen molar-refractivity contribution in [3.8, 4) is 11.4 Å². The van der Waals surface area contributed by atoms with E-state index >= 15 is 0 Å². The molecule has 1 fully saturated rings. The van der Waals surface area contributed by atoms with E-state index in [4.69, 9.17) is 4.52 Å². The van der Waals surface area contributed by atoms with E-state index in [2.05, 4.69) is 15.5 Å². The van der Waals surface area contributed by atoms with E-state index in [1.165, 1.54) is 4.31 Å². The maximum absolute atomic E-state index is 12.8. The Balaban J connectivity index is 1.45. The SMILES string of the molecule is C[C@H](NC(=O)c1ccccc1)c1nc(-c2ccc(S(=O)(=O)N3CCCCC3)cc2)no1. The third-order valence-corrected chi connectivity index (χ3v) is 7.17. The summed E-state index contributed by atoms with van der Waals surface area (Å²) in [4.78, 5) is 16.9. The molecule has 1 aliphatic heterocycles. The Kier molecular flexibility index (Phi) is 6.15. The lowest BCUT2D eigenvalue weighted by Crippen LogP contribution is -2.35. The minimum atomic E-state index is -3.49. The molecule has 9 heteroatoms. The Bertz CT molecular complexity index is 1140. The van der Waals surface area contributed by atoms with E-state index in [9.17, 15) is 13.2 Å². The molecule has 1 amide bonds. The largest absolute Gasteiger partial charge is 0.341 e. The van der Waals surface area contributed by atoms with Crippen LogP contribution in [0.5, 0.6) is 0 Å². The van der Waals surface area contributed by atoms with Gasteiger partial charge in [0.1, 0.15) is 6.04 Å². The zero-order valence-corrected chi connectivity index (χ0v) is 18.0. The van der Waals surface area contributed by atoms with E-state index in [-0.39, 0.29) is 16.7 Å². The molecule has 3 aromatic rings. The van der Waals surface area contributed by atoms with Crippen molar-refractivity contribution in [2.45, 2.75) is 37.1 Å². The van der Waals surface area contributed by atoms with Gasteiger partial charge in [-0.3, -0.25) is 4.79 Å². The second-order valence-corrected chi connectivity index (χ2v) is 9.44. The van der Waals surface area contributed by atoms with Crippen LogP contribution in [0.25, 0.3) is 11.4 Å². The van der Waals surface area contributed by atoms with E-state index in [1.807, 2.05) is 6.07 Å². The van der Waals surface area contributed by atoms with Crippen molar-refractivity contribution in [2.75, 3.05) is 13.1 Å². The first-order valence-electron chi connectivity index (χ1n) is 10.3. The van der Waals surface area contributed by atoms with Gasteiger partial charge < -0.3 is 9.84 Å². The van der Waals surface area contributed by atoms with E-state index in [0.717, 1.165) is 19.3 Å². The number of rotatable bonds is 6. The predicted molar refractivity (Wildman–Crippen MR) is 115 cm³/mol. The second-order valence-electron chi connectivity index (χ2n) is 7.51. The number of nitrogens with one attached hydrogen (secondary N) is 1. The highest BCUT2D eigenvalue weighted by Crippen LogP contribution is 2.24. The summed E-state index contributed by atoms with van der Waals surface area (Å²) in [6.45, 7) is 2.88. The average Bonchev–Trinajstić information content (AvgIpc) is 3.31. The van der Waals surface area contributed by atoms with Crippen LogP contribution in [-0.4, -0.2) is 41.9 Å². The summed E-state index contributed by atoms with van der Waals surface area (Å²) < 4.78 is 32.4. The van der Waals surface area contributed by atoms with Gasteiger partial charge in [-0.1, -0.05) is 29.8 Å². The molecular weight excluding hydrogens is 416 g/mol. The zero-order valence-electron chi connectivity index (χ0n) is 17.2. The molecule has 0 aliphatic carbocycles. The Hall–Kier alpha value is -3.04. The monoisotopic (exact) mass is 440 g/mol. The van der Waals surface area contributed by atoms with Crippen molar-refractivity contribution in [1.29, 1.82) is 0 Å². The van der Waals surface area contributed by atoms with Crippen LogP contribution in [0.3, 0.4) is 0 Å². The number of amides is 1. The maximum Gasteiger partial charge on any atom is 0.251 e. The highest BCUT2D eigenvalue weighted by atomic mass is 32.2. The van der Waals surface area contributed by atoms with E-state index in [1.54, 1.807) is 55.5 Å². The summed E-state index contributed by atoms with van der Waals surface area (Å²) in [5.74, 6) is 0.363. The lowest BCUT2D eigenvalue weighted by atomic mass is 10.2. The summed E-state index contributed by atoms with van der Waals surface area (Å²) in [5, 5.41) is 6.79. The molecule has 2 heterocycles. The minimum Gasteiger partial charge on any atom is -0.341 e. The molecule has 2 aromatic carbocycles. The maximum atomic E-state index is 12.8.